The molecule has 1 unspecified atom stereocenters. The van der Waals surface area contributed by atoms with Crippen LogP contribution in [0.3, 0.4) is 0 Å². The molecule has 5 heteroatoms. The number of carbonyl (C=O) groups is 3. The topological polar surface area (TPSA) is 72.5 Å². The largest absolute Gasteiger partial charge is 0.469 e. The molecule has 1 atom stereocenters. The van der Waals surface area contributed by atoms with E-state index in [-0.39, 0.29) is 30.5 Å². The van der Waals surface area contributed by atoms with E-state index in [1.807, 2.05) is 6.92 Å². The number of esters is 1. The van der Waals surface area contributed by atoms with Crippen molar-refractivity contribution in [2.24, 2.45) is 5.92 Å². The van der Waals surface area contributed by atoms with E-state index in [2.05, 4.69) is 10.1 Å². The summed E-state index contributed by atoms with van der Waals surface area (Å²) in [6.45, 7) is 4.12. The number of hydrogen-bond donors (Lipinski definition) is 1. The SMILES string of the molecule is CCCNC(=O)C(C)C(=O)CCCC(=O)OC. The minimum atomic E-state index is -0.640. The van der Waals surface area contributed by atoms with E-state index < -0.39 is 5.92 Å². The minimum absolute atomic E-state index is 0.137. The normalized spacial score (nSPS) is 11.7. The molecule has 0 fully saturated rings. The first-order valence-corrected chi connectivity index (χ1v) is 5.90. The summed E-state index contributed by atoms with van der Waals surface area (Å²) in [4.78, 5) is 33.9. The third kappa shape index (κ3) is 6.71. The predicted octanol–water partition coefficient (Wildman–Crippen LogP) is 1.06. The molecule has 0 aliphatic carbocycles. The van der Waals surface area contributed by atoms with E-state index in [0.717, 1.165) is 6.42 Å². The van der Waals surface area contributed by atoms with Crippen molar-refractivity contribution in [3.8, 4) is 0 Å². The second-order valence-corrected chi connectivity index (χ2v) is 3.91. The molecule has 1 N–H and O–H groups in total. The van der Waals surface area contributed by atoms with Gasteiger partial charge >= 0.3 is 5.97 Å². The maximum Gasteiger partial charge on any atom is 0.305 e. The van der Waals surface area contributed by atoms with Gasteiger partial charge in [-0.25, -0.2) is 0 Å². The maximum atomic E-state index is 11.6. The van der Waals surface area contributed by atoms with Gasteiger partial charge in [0.25, 0.3) is 0 Å². The number of hydrogen-bond acceptors (Lipinski definition) is 4. The van der Waals surface area contributed by atoms with E-state index in [1.165, 1.54) is 7.11 Å². The standard InChI is InChI=1S/C12H21NO4/c1-4-8-13-12(16)9(2)10(14)6-5-7-11(15)17-3/h9H,4-8H2,1-3H3,(H,13,16). The highest BCUT2D eigenvalue weighted by Crippen LogP contribution is 2.06. The molecule has 0 aliphatic rings. The van der Waals surface area contributed by atoms with Gasteiger partial charge in [-0.05, 0) is 19.8 Å². The van der Waals surface area contributed by atoms with Crippen molar-refractivity contribution in [2.75, 3.05) is 13.7 Å². The molecule has 0 aromatic carbocycles. The molecule has 0 aliphatic heterocycles. The van der Waals surface area contributed by atoms with E-state index in [9.17, 15) is 14.4 Å². The van der Waals surface area contributed by atoms with Crippen LogP contribution in [-0.4, -0.2) is 31.3 Å². The van der Waals surface area contributed by atoms with Crippen LogP contribution >= 0.6 is 0 Å². The third-order valence-corrected chi connectivity index (χ3v) is 2.46. The number of ketones is 1. The first-order valence-electron chi connectivity index (χ1n) is 5.90. The number of nitrogens with one attached hydrogen (secondary N) is 1. The minimum Gasteiger partial charge on any atom is -0.469 e. The molecular formula is C12H21NO4. The summed E-state index contributed by atoms with van der Waals surface area (Å²) in [5.74, 6) is -1.35. The molecule has 0 radical (unpaired) electrons. The fourth-order valence-electron chi connectivity index (χ4n) is 1.27. The average molecular weight is 243 g/mol. The summed E-state index contributed by atoms with van der Waals surface area (Å²) >= 11 is 0. The molecule has 0 aromatic heterocycles. The first-order chi connectivity index (χ1) is 8.02. The molecule has 0 spiro atoms. The van der Waals surface area contributed by atoms with Gasteiger partial charge in [0.2, 0.25) is 5.91 Å². The fraction of sp³-hybridized carbons (Fsp3) is 0.750. The molecule has 0 heterocycles. The van der Waals surface area contributed by atoms with Crippen LogP contribution in [0.25, 0.3) is 0 Å². The Bertz CT molecular complexity index is 276. The van der Waals surface area contributed by atoms with Crippen molar-refractivity contribution in [1.82, 2.24) is 5.32 Å². The van der Waals surface area contributed by atoms with Gasteiger partial charge in [-0.15, -0.1) is 0 Å². The Hall–Kier alpha value is -1.39. The molecule has 17 heavy (non-hydrogen) atoms. The summed E-state index contributed by atoms with van der Waals surface area (Å²) in [7, 11) is 1.31. The number of ether oxygens (including phenoxy) is 1. The van der Waals surface area contributed by atoms with Gasteiger partial charge in [0.15, 0.2) is 0 Å². The summed E-state index contributed by atoms with van der Waals surface area (Å²) in [5.41, 5.74) is 0. The van der Waals surface area contributed by atoms with E-state index in [0.29, 0.717) is 13.0 Å². The second kappa shape index (κ2) is 8.73. The zero-order valence-corrected chi connectivity index (χ0v) is 10.7. The lowest BCUT2D eigenvalue weighted by Gasteiger charge is -2.10. The predicted molar refractivity (Wildman–Crippen MR) is 63.3 cm³/mol. The second-order valence-electron chi connectivity index (χ2n) is 3.91. The molecular weight excluding hydrogens is 222 g/mol. The van der Waals surface area contributed by atoms with Crippen molar-refractivity contribution >= 4 is 17.7 Å². The quantitative estimate of drug-likeness (QED) is 0.511. The van der Waals surface area contributed by atoms with Crippen molar-refractivity contribution in [3.63, 3.8) is 0 Å². The highest BCUT2D eigenvalue weighted by molar-refractivity contribution is 6.00. The number of amides is 1. The zero-order chi connectivity index (χ0) is 13.3. The lowest BCUT2D eigenvalue weighted by Crippen LogP contribution is -2.34. The number of carbonyl (C=O) groups excluding carboxylic acids is 3. The van der Waals surface area contributed by atoms with Crippen LogP contribution in [0.1, 0.15) is 39.5 Å². The van der Waals surface area contributed by atoms with Crippen LogP contribution in [-0.2, 0) is 19.1 Å². The average Bonchev–Trinajstić information content (AvgIpc) is 2.34. The molecule has 5 nitrogen and oxygen atoms in total. The van der Waals surface area contributed by atoms with Gasteiger partial charge in [-0.1, -0.05) is 6.92 Å². The Balaban J connectivity index is 3.88. The van der Waals surface area contributed by atoms with Crippen molar-refractivity contribution < 1.29 is 19.1 Å². The number of methoxy groups -OCH3 is 1. The van der Waals surface area contributed by atoms with Crippen molar-refractivity contribution in [2.45, 2.75) is 39.5 Å². The van der Waals surface area contributed by atoms with E-state index in [1.54, 1.807) is 6.92 Å². The van der Waals surface area contributed by atoms with E-state index >= 15 is 0 Å². The Morgan fingerprint density at radius 1 is 1.24 bits per heavy atom. The molecule has 98 valence electrons. The zero-order valence-electron chi connectivity index (χ0n) is 10.7. The van der Waals surface area contributed by atoms with Gasteiger partial charge in [-0.2, -0.15) is 0 Å². The molecule has 0 rings (SSSR count). The highest BCUT2D eigenvalue weighted by atomic mass is 16.5. The highest BCUT2D eigenvalue weighted by Gasteiger charge is 2.20. The van der Waals surface area contributed by atoms with Crippen LogP contribution in [0.4, 0.5) is 0 Å². The maximum absolute atomic E-state index is 11.6. The first kappa shape index (κ1) is 15.6. The number of rotatable bonds is 8. The van der Waals surface area contributed by atoms with Crippen LogP contribution in [0.5, 0.6) is 0 Å². The summed E-state index contributed by atoms with van der Waals surface area (Å²) in [5, 5.41) is 2.67. The molecule has 0 saturated carbocycles. The van der Waals surface area contributed by atoms with Crippen LogP contribution in [0.2, 0.25) is 0 Å². The van der Waals surface area contributed by atoms with Gasteiger partial charge in [0.05, 0.1) is 13.0 Å². The van der Waals surface area contributed by atoms with Crippen molar-refractivity contribution in [3.05, 3.63) is 0 Å². The van der Waals surface area contributed by atoms with E-state index in [4.69, 9.17) is 0 Å². The molecule has 0 bridgehead atoms. The lowest BCUT2D eigenvalue weighted by atomic mass is 10.0. The van der Waals surface area contributed by atoms with Crippen LogP contribution in [0, 0.1) is 5.92 Å². The Labute approximate surface area is 102 Å². The fourth-order valence-corrected chi connectivity index (χ4v) is 1.27. The molecule has 0 aromatic rings. The number of Topliss-reactive ketones (excluding diaryl/α,β-unsaturated/α-hetero) is 1. The Kier molecular flexibility index (Phi) is 8.01. The summed E-state index contributed by atoms with van der Waals surface area (Å²) < 4.78 is 4.46. The third-order valence-electron chi connectivity index (χ3n) is 2.46. The van der Waals surface area contributed by atoms with Gasteiger partial charge in [0.1, 0.15) is 5.78 Å². The summed E-state index contributed by atoms with van der Waals surface area (Å²) in [6, 6.07) is 0. The Morgan fingerprint density at radius 3 is 2.41 bits per heavy atom. The molecule has 0 saturated heterocycles. The van der Waals surface area contributed by atoms with Crippen LogP contribution < -0.4 is 5.32 Å². The van der Waals surface area contributed by atoms with Gasteiger partial charge in [-0.3, -0.25) is 14.4 Å². The smallest absolute Gasteiger partial charge is 0.305 e. The van der Waals surface area contributed by atoms with Gasteiger partial charge in [0, 0.05) is 19.4 Å². The van der Waals surface area contributed by atoms with Gasteiger partial charge < -0.3 is 10.1 Å². The monoisotopic (exact) mass is 243 g/mol. The summed E-state index contributed by atoms with van der Waals surface area (Å²) in [6.07, 6.45) is 1.72. The lowest BCUT2D eigenvalue weighted by molar-refractivity contribution is -0.140. The molecule has 1 amide bonds. The Morgan fingerprint density at radius 2 is 1.88 bits per heavy atom. The van der Waals surface area contributed by atoms with Crippen molar-refractivity contribution in [1.29, 1.82) is 0 Å². The van der Waals surface area contributed by atoms with Crippen LogP contribution in [0.15, 0.2) is 0 Å².